The molecule has 0 aliphatic rings. The average molecular weight is 231 g/mol. The Morgan fingerprint density at radius 1 is 0.944 bits per heavy atom. The maximum atomic E-state index is 8.77. The van der Waals surface area contributed by atoms with E-state index in [0.717, 1.165) is 22.2 Å². The first-order valence-electron chi connectivity index (χ1n) is 5.58. The predicted octanol–water partition coefficient (Wildman–Crippen LogP) is 3.17. The Morgan fingerprint density at radius 2 is 1.78 bits per heavy atom. The van der Waals surface area contributed by atoms with E-state index in [1.54, 1.807) is 12.4 Å². The molecule has 0 N–H and O–H groups in total. The van der Waals surface area contributed by atoms with Crippen molar-refractivity contribution in [2.24, 2.45) is 0 Å². The molecule has 0 bridgehead atoms. The van der Waals surface area contributed by atoms with E-state index in [0.29, 0.717) is 5.56 Å². The van der Waals surface area contributed by atoms with Gasteiger partial charge in [-0.05, 0) is 35.9 Å². The normalized spacial score (nSPS) is 10.2. The number of rotatable bonds is 1. The number of hydrogen-bond donors (Lipinski definition) is 0. The lowest BCUT2D eigenvalue weighted by molar-refractivity contribution is 1.29. The zero-order valence-corrected chi connectivity index (χ0v) is 9.54. The number of pyridine rings is 2. The molecule has 0 spiro atoms. The highest BCUT2D eigenvalue weighted by molar-refractivity contribution is 5.80. The highest BCUT2D eigenvalue weighted by atomic mass is 14.8. The van der Waals surface area contributed by atoms with Crippen LogP contribution < -0.4 is 0 Å². The van der Waals surface area contributed by atoms with Crippen molar-refractivity contribution in [3.05, 3.63) is 60.4 Å². The summed E-state index contributed by atoms with van der Waals surface area (Å²) >= 11 is 0. The number of benzene rings is 1. The quantitative estimate of drug-likeness (QED) is 0.646. The van der Waals surface area contributed by atoms with Crippen LogP contribution in [0, 0.1) is 11.3 Å². The van der Waals surface area contributed by atoms with Gasteiger partial charge in [0.05, 0.1) is 11.6 Å². The Kier molecular flexibility index (Phi) is 2.47. The minimum Gasteiger partial charge on any atom is -0.237 e. The summed E-state index contributed by atoms with van der Waals surface area (Å²) in [5.41, 5.74) is 3.48. The third-order valence-electron chi connectivity index (χ3n) is 2.80. The van der Waals surface area contributed by atoms with Crippen molar-refractivity contribution in [2.45, 2.75) is 0 Å². The monoisotopic (exact) mass is 231 g/mol. The smallest absolute Gasteiger partial charge is 0.159 e. The molecule has 3 nitrogen and oxygen atoms in total. The Bertz CT molecular complexity index is 740. The molecular weight excluding hydrogens is 222 g/mol. The van der Waals surface area contributed by atoms with E-state index in [1.807, 2.05) is 36.4 Å². The minimum atomic E-state index is 0.661. The molecule has 0 unspecified atom stereocenters. The minimum absolute atomic E-state index is 0.661. The van der Waals surface area contributed by atoms with E-state index < -0.39 is 0 Å². The second-order valence-corrected chi connectivity index (χ2v) is 3.96. The second kappa shape index (κ2) is 4.27. The number of fused-ring (bicyclic) bond motifs is 1. The van der Waals surface area contributed by atoms with Crippen molar-refractivity contribution in [1.82, 2.24) is 9.97 Å². The maximum absolute atomic E-state index is 8.77. The first kappa shape index (κ1) is 10.4. The van der Waals surface area contributed by atoms with Crippen molar-refractivity contribution in [3.63, 3.8) is 0 Å². The fraction of sp³-hybridized carbons (Fsp3) is 0. The zero-order valence-electron chi connectivity index (χ0n) is 9.54. The van der Waals surface area contributed by atoms with Crippen LogP contribution in [-0.2, 0) is 0 Å². The molecule has 1 aromatic carbocycles. The lowest BCUT2D eigenvalue weighted by Gasteiger charge is -2.02. The van der Waals surface area contributed by atoms with Gasteiger partial charge in [-0.15, -0.1) is 0 Å². The van der Waals surface area contributed by atoms with Gasteiger partial charge < -0.3 is 0 Å². The van der Waals surface area contributed by atoms with Crippen LogP contribution in [0.1, 0.15) is 5.56 Å². The highest BCUT2D eigenvalue weighted by Gasteiger charge is 2.01. The fourth-order valence-electron chi connectivity index (χ4n) is 1.86. The molecule has 0 atom stereocenters. The second-order valence-electron chi connectivity index (χ2n) is 3.96. The van der Waals surface area contributed by atoms with Gasteiger partial charge in [0.2, 0.25) is 0 Å². The van der Waals surface area contributed by atoms with Crippen molar-refractivity contribution in [1.29, 1.82) is 5.26 Å². The summed E-state index contributed by atoms with van der Waals surface area (Å²) in [4.78, 5) is 8.51. The molecule has 0 aliphatic heterocycles. The predicted molar refractivity (Wildman–Crippen MR) is 69.7 cm³/mol. The third kappa shape index (κ3) is 1.80. The summed E-state index contributed by atoms with van der Waals surface area (Å²) < 4.78 is 0. The molecule has 0 fully saturated rings. The molecule has 0 saturated heterocycles. The summed E-state index contributed by atoms with van der Waals surface area (Å²) in [6.45, 7) is 0. The topological polar surface area (TPSA) is 49.6 Å². The van der Waals surface area contributed by atoms with Gasteiger partial charge in [0, 0.05) is 23.3 Å². The summed E-state index contributed by atoms with van der Waals surface area (Å²) in [7, 11) is 0. The maximum Gasteiger partial charge on any atom is 0.159 e. The van der Waals surface area contributed by atoms with Crippen molar-refractivity contribution in [2.75, 3.05) is 0 Å². The van der Waals surface area contributed by atoms with Crippen LogP contribution >= 0.6 is 0 Å². The number of nitriles is 1. The Morgan fingerprint density at radius 3 is 2.56 bits per heavy atom. The summed E-state index contributed by atoms with van der Waals surface area (Å²) in [6.07, 6.45) is 3.54. The molecule has 84 valence electrons. The number of hydrogen-bond acceptors (Lipinski definition) is 3. The first-order valence-corrected chi connectivity index (χ1v) is 5.58. The van der Waals surface area contributed by atoms with E-state index >= 15 is 0 Å². The lowest BCUT2D eigenvalue weighted by atomic mass is 10.1. The van der Waals surface area contributed by atoms with Gasteiger partial charge in [-0.25, -0.2) is 9.97 Å². The SMILES string of the molecule is N#Cc1ccc(-c2cnc3ncccc3c2)cc1. The van der Waals surface area contributed by atoms with Crippen molar-refractivity contribution in [3.8, 4) is 17.2 Å². The van der Waals surface area contributed by atoms with E-state index in [1.165, 1.54) is 0 Å². The van der Waals surface area contributed by atoms with Gasteiger partial charge in [-0.2, -0.15) is 5.26 Å². The van der Waals surface area contributed by atoms with E-state index in [9.17, 15) is 0 Å². The Labute approximate surface area is 104 Å². The summed E-state index contributed by atoms with van der Waals surface area (Å²) in [5, 5.41) is 9.78. The molecule has 2 aromatic heterocycles. The fourth-order valence-corrected chi connectivity index (χ4v) is 1.86. The zero-order chi connectivity index (χ0) is 12.4. The van der Waals surface area contributed by atoms with E-state index in [2.05, 4.69) is 22.1 Å². The molecular formula is C15H9N3. The number of aromatic nitrogens is 2. The van der Waals surface area contributed by atoms with Crippen molar-refractivity contribution < 1.29 is 0 Å². The molecule has 3 rings (SSSR count). The van der Waals surface area contributed by atoms with Crippen LogP contribution in [0.3, 0.4) is 0 Å². The standard InChI is InChI=1S/C15H9N3/c16-9-11-3-5-12(6-4-11)14-8-13-2-1-7-17-15(13)18-10-14/h1-8,10H. The third-order valence-corrected chi connectivity index (χ3v) is 2.80. The molecule has 0 aliphatic carbocycles. The molecule has 0 radical (unpaired) electrons. The van der Waals surface area contributed by atoms with Crippen molar-refractivity contribution >= 4 is 11.0 Å². The van der Waals surface area contributed by atoms with Gasteiger partial charge >= 0.3 is 0 Å². The van der Waals surface area contributed by atoms with Crippen LogP contribution in [0.5, 0.6) is 0 Å². The Hall–Kier alpha value is -2.73. The van der Waals surface area contributed by atoms with Crippen LogP contribution in [-0.4, -0.2) is 9.97 Å². The van der Waals surface area contributed by atoms with Gasteiger partial charge in [0.15, 0.2) is 5.65 Å². The van der Waals surface area contributed by atoms with E-state index in [4.69, 9.17) is 5.26 Å². The molecule has 3 heteroatoms. The molecule has 18 heavy (non-hydrogen) atoms. The number of nitrogens with zero attached hydrogens (tertiary/aromatic N) is 3. The largest absolute Gasteiger partial charge is 0.237 e. The molecule has 0 amide bonds. The van der Waals surface area contributed by atoms with Crippen LogP contribution in [0.4, 0.5) is 0 Å². The molecule has 3 aromatic rings. The van der Waals surface area contributed by atoms with Gasteiger partial charge in [0.1, 0.15) is 0 Å². The molecule has 2 heterocycles. The van der Waals surface area contributed by atoms with Crippen LogP contribution in [0.25, 0.3) is 22.2 Å². The van der Waals surface area contributed by atoms with Gasteiger partial charge in [-0.3, -0.25) is 0 Å². The highest BCUT2D eigenvalue weighted by Crippen LogP contribution is 2.22. The van der Waals surface area contributed by atoms with Gasteiger partial charge in [-0.1, -0.05) is 12.1 Å². The van der Waals surface area contributed by atoms with Gasteiger partial charge in [0.25, 0.3) is 0 Å². The average Bonchev–Trinajstić information content (AvgIpc) is 2.47. The Balaban J connectivity index is 2.10. The lowest BCUT2D eigenvalue weighted by Crippen LogP contribution is -1.85. The first-order chi connectivity index (χ1) is 8.86. The summed E-state index contributed by atoms with van der Waals surface area (Å²) in [6, 6.07) is 15.5. The van der Waals surface area contributed by atoms with E-state index in [-0.39, 0.29) is 0 Å². The van der Waals surface area contributed by atoms with Crippen LogP contribution in [0.15, 0.2) is 54.9 Å². The van der Waals surface area contributed by atoms with Crippen LogP contribution in [0.2, 0.25) is 0 Å². The molecule has 0 saturated carbocycles. The summed E-state index contributed by atoms with van der Waals surface area (Å²) in [5.74, 6) is 0.